The van der Waals surface area contributed by atoms with Gasteiger partial charge in [0.1, 0.15) is 0 Å². The van der Waals surface area contributed by atoms with Crippen LogP contribution in [-0.2, 0) is 13.1 Å². The lowest BCUT2D eigenvalue weighted by atomic mass is 9.52. The maximum absolute atomic E-state index is 5.71. The summed E-state index contributed by atoms with van der Waals surface area (Å²) in [6, 6.07) is 2.15. The fourth-order valence-electron chi connectivity index (χ4n) is 5.40. The molecule has 0 saturated heterocycles. The summed E-state index contributed by atoms with van der Waals surface area (Å²) in [6.07, 6.45) is 7.55. The second kappa shape index (κ2) is 4.34. The van der Waals surface area contributed by atoms with Gasteiger partial charge in [0.2, 0.25) is 0 Å². The van der Waals surface area contributed by atoms with Gasteiger partial charge in [-0.3, -0.25) is 4.68 Å². The summed E-state index contributed by atoms with van der Waals surface area (Å²) in [5.74, 6) is 4.99. The van der Waals surface area contributed by atoms with E-state index in [-0.39, 0.29) is 0 Å². The minimum atomic E-state index is 0.565. The zero-order chi connectivity index (χ0) is 13.0. The Morgan fingerprint density at radius 2 is 1.79 bits per heavy atom. The van der Waals surface area contributed by atoms with Crippen LogP contribution in [0.5, 0.6) is 0 Å². The zero-order valence-electron chi connectivity index (χ0n) is 11.9. The van der Waals surface area contributed by atoms with Gasteiger partial charge in [0, 0.05) is 18.8 Å². The van der Waals surface area contributed by atoms with Crippen LogP contribution in [0.25, 0.3) is 0 Å². The molecular formula is C16H25N3. The Morgan fingerprint density at radius 3 is 2.32 bits per heavy atom. The van der Waals surface area contributed by atoms with Crippen LogP contribution in [0.3, 0.4) is 0 Å². The number of nitrogens with zero attached hydrogens (tertiary/aromatic N) is 2. The molecule has 1 aromatic rings. The average Bonchev–Trinajstić information content (AvgIpc) is 2.74. The van der Waals surface area contributed by atoms with Crippen molar-refractivity contribution in [1.82, 2.24) is 9.78 Å². The number of aryl methyl sites for hydroxylation is 1. The van der Waals surface area contributed by atoms with Crippen molar-refractivity contribution in [2.75, 3.05) is 0 Å². The molecule has 1 heterocycles. The van der Waals surface area contributed by atoms with Gasteiger partial charge in [-0.05, 0) is 74.7 Å². The van der Waals surface area contributed by atoms with Crippen molar-refractivity contribution in [3.63, 3.8) is 0 Å². The van der Waals surface area contributed by atoms with Gasteiger partial charge in [-0.25, -0.2) is 0 Å². The van der Waals surface area contributed by atoms with E-state index in [1.165, 1.54) is 37.8 Å². The van der Waals surface area contributed by atoms with Crippen LogP contribution in [-0.4, -0.2) is 9.78 Å². The second-order valence-corrected chi connectivity index (χ2v) is 7.26. The van der Waals surface area contributed by atoms with E-state index < -0.39 is 0 Å². The molecule has 0 unspecified atom stereocenters. The number of rotatable bonds is 3. The lowest BCUT2D eigenvalue weighted by Crippen LogP contribution is -2.46. The SMILES string of the molecule is Cc1cc(CN)nn1CC1C2CC3CC(C2)CC1C3. The summed E-state index contributed by atoms with van der Waals surface area (Å²) in [5, 5.41) is 4.67. The summed E-state index contributed by atoms with van der Waals surface area (Å²) in [5.41, 5.74) is 8.03. The van der Waals surface area contributed by atoms with Gasteiger partial charge in [0.15, 0.2) is 0 Å². The highest BCUT2D eigenvalue weighted by Crippen LogP contribution is 2.56. The number of nitrogens with two attached hydrogens (primary N) is 1. The fraction of sp³-hybridized carbons (Fsp3) is 0.812. The number of hydrogen-bond donors (Lipinski definition) is 1. The molecule has 0 spiro atoms. The molecule has 19 heavy (non-hydrogen) atoms. The molecule has 3 nitrogen and oxygen atoms in total. The molecule has 2 N–H and O–H groups in total. The highest BCUT2D eigenvalue weighted by atomic mass is 15.3. The lowest BCUT2D eigenvalue weighted by Gasteiger charge is -2.54. The van der Waals surface area contributed by atoms with Crippen molar-refractivity contribution >= 4 is 0 Å². The first-order chi connectivity index (χ1) is 9.22. The topological polar surface area (TPSA) is 43.8 Å². The van der Waals surface area contributed by atoms with Crippen LogP contribution >= 0.6 is 0 Å². The molecule has 1 aromatic heterocycles. The van der Waals surface area contributed by atoms with Crippen LogP contribution in [0.1, 0.15) is 43.5 Å². The smallest absolute Gasteiger partial charge is 0.0763 e. The van der Waals surface area contributed by atoms with Gasteiger partial charge in [-0.15, -0.1) is 0 Å². The Labute approximate surface area is 115 Å². The van der Waals surface area contributed by atoms with Gasteiger partial charge in [-0.2, -0.15) is 5.10 Å². The molecular weight excluding hydrogens is 234 g/mol. The first kappa shape index (κ1) is 12.0. The van der Waals surface area contributed by atoms with E-state index in [1.807, 2.05) is 0 Å². The van der Waals surface area contributed by atoms with Gasteiger partial charge in [0.25, 0.3) is 0 Å². The standard InChI is InChI=1S/C16H25N3/c1-10-2-15(8-17)18-19(10)9-16-13-4-11-3-12(6-13)7-14(16)5-11/h2,11-14,16H,3-9,17H2,1H3. The fourth-order valence-corrected chi connectivity index (χ4v) is 5.40. The van der Waals surface area contributed by atoms with Crippen molar-refractivity contribution in [2.24, 2.45) is 35.3 Å². The van der Waals surface area contributed by atoms with Gasteiger partial charge in [0.05, 0.1) is 5.69 Å². The second-order valence-electron chi connectivity index (χ2n) is 7.26. The monoisotopic (exact) mass is 259 g/mol. The van der Waals surface area contributed by atoms with Crippen LogP contribution in [0, 0.1) is 36.5 Å². The number of hydrogen-bond acceptors (Lipinski definition) is 2. The summed E-state index contributed by atoms with van der Waals surface area (Å²) in [6.45, 7) is 3.87. The van der Waals surface area contributed by atoms with Crippen molar-refractivity contribution in [3.05, 3.63) is 17.5 Å². The van der Waals surface area contributed by atoms with E-state index in [0.717, 1.165) is 41.8 Å². The lowest BCUT2D eigenvalue weighted by molar-refractivity contribution is -0.0444. The summed E-state index contributed by atoms with van der Waals surface area (Å²) in [4.78, 5) is 0. The molecule has 4 fully saturated rings. The molecule has 4 aliphatic carbocycles. The molecule has 0 aliphatic heterocycles. The van der Waals surface area contributed by atoms with E-state index in [2.05, 4.69) is 22.8 Å². The Balaban J connectivity index is 1.55. The zero-order valence-corrected chi connectivity index (χ0v) is 11.9. The maximum Gasteiger partial charge on any atom is 0.0763 e. The van der Waals surface area contributed by atoms with Gasteiger partial charge < -0.3 is 5.73 Å². The van der Waals surface area contributed by atoms with Crippen molar-refractivity contribution in [3.8, 4) is 0 Å². The molecule has 3 heteroatoms. The van der Waals surface area contributed by atoms with E-state index in [4.69, 9.17) is 5.73 Å². The summed E-state index contributed by atoms with van der Waals surface area (Å²) >= 11 is 0. The summed E-state index contributed by atoms with van der Waals surface area (Å²) < 4.78 is 2.23. The molecule has 4 bridgehead atoms. The van der Waals surface area contributed by atoms with E-state index in [9.17, 15) is 0 Å². The molecule has 0 aromatic carbocycles. The Morgan fingerprint density at radius 1 is 1.16 bits per heavy atom. The molecule has 0 amide bonds. The van der Waals surface area contributed by atoms with Crippen molar-refractivity contribution in [1.29, 1.82) is 0 Å². The van der Waals surface area contributed by atoms with Crippen LogP contribution in [0.4, 0.5) is 0 Å². The Bertz CT molecular complexity index is 448. The van der Waals surface area contributed by atoms with Gasteiger partial charge >= 0.3 is 0 Å². The predicted octanol–water partition coefficient (Wildman–Crippen LogP) is 2.72. The Hall–Kier alpha value is -0.830. The molecule has 5 rings (SSSR count). The normalized spacial score (nSPS) is 40.0. The minimum absolute atomic E-state index is 0.565. The minimum Gasteiger partial charge on any atom is -0.325 e. The third kappa shape index (κ3) is 1.94. The molecule has 4 aliphatic rings. The average molecular weight is 259 g/mol. The third-order valence-corrected chi connectivity index (χ3v) is 6.05. The molecule has 4 saturated carbocycles. The van der Waals surface area contributed by atoms with Crippen LogP contribution < -0.4 is 5.73 Å². The highest BCUT2D eigenvalue weighted by Gasteiger charge is 2.48. The van der Waals surface area contributed by atoms with E-state index >= 15 is 0 Å². The first-order valence-corrected chi connectivity index (χ1v) is 7.96. The van der Waals surface area contributed by atoms with Crippen molar-refractivity contribution < 1.29 is 0 Å². The van der Waals surface area contributed by atoms with Crippen molar-refractivity contribution in [2.45, 2.75) is 52.1 Å². The van der Waals surface area contributed by atoms with E-state index in [1.54, 1.807) is 0 Å². The maximum atomic E-state index is 5.71. The summed E-state index contributed by atoms with van der Waals surface area (Å²) in [7, 11) is 0. The largest absolute Gasteiger partial charge is 0.325 e. The third-order valence-electron chi connectivity index (χ3n) is 6.05. The van der Waals surface area contributed by atoms with Gasteiger partial charge in [-0.1, -0.05) is 0 Å². The van der Waals surface area contributed by atoms with E-state index in [0.29, 0.717) is 6.54 Å². The van der Waals surface area contributed by atoms with Crippen LogP contribution in [0.15, 0.2) is 6.07 Å². The molecule has 0 radical (unpaired) electrons. The quantitative estimate of drug-likeness (QED) is 0.907. The Kier molecular flexibility index (Phi) is 2.73. The first-order valence-electron chi connectivity index (χ1n) is 7.96. The number of aromatic nitrogens is 2. The van der Waals surface area contributed by atoms with Crippen LogP contribution in [0.2, 0.25) is 0 Å². The predicted molar refractivity (Wildman–Crippen MR) is 75.4 cm³/mol. The molecule has 104 valence electrons. The molecule has 0 atom stereocenters. The highest BCUT2D eigenvalue weighted by molar-refractivity contribution is 5.09.